The first-order chi connectivity index (χ1) is 12.4. The Bertz CT molecular complexity index is 817. The summed E-state index contributed by atoms with van der Waals surface area (Å²) < 4.78 is 9.87. The minimum Gasteiger partial charge on any atom is -0.469 e. The van der Waals surface area contributed by atoms with Gasteiger partial charge in [-0.15, -0.1) is 0 Å². The second kappa shape index (κ2) is 9.20. The molecule has 0 saturated heterocycles. The molecule has 0 fully saturated rings. The van der Waals surface area contributed by atoms with Crippen molar-refractivity contribution in [2.75, 3.05) is 7.11 Å². The highest BCUT2D eigenvalue weighted by atomic mass is 35.5. The van der Waals surface area contributed by atoms with Crippen LogP contribution in [0.15, 0.2) is 42.5 Å². The normalized spacial score (nSPS) is 10.2. The van der Waals surface area contributed by atoms with Crippen LogP contribution >= 0.6 is 11.6 Å². The van der Waals surface area contributed by atoms with Crippen LogP contribution in [0.4, 0.5) is 0 Å². The van der Waals surface area contributed by atoms with Gasteiger partial charge in [-0.05, 0) is 36.8 Å². The highest BCUT2D eigenvalue weighted by Crippen LogP contribution is 2.22. The van der Waals surface area contributed by atoms with Gasteiger partial charge in [-0.1, -0.05) is 29.2 Å². The number of esters is 2. The predicted octanol–water partition coefficient (Wildman–Crippen LogP) is 2.08. The predicted molar refractivity (Wildman–Crippen MR) is 101 cm³/mol. The number of ether oxygens (including phenoxy) is 2. The Morgan fingerprint density at radius 2 is 1.65 bits per heavy atom. The summed E-state index contributed by atoms with van der Waals surface area (Å²) in [6.45, 7) is 0. The SMILES string of the molecule is Bc1ccc(OC(=O)CCCC(=O)OC)c(C(=O)c2ccc(Cl)cc2)c1. The van der Waals surface area contributed by atoms with E-state index in [2.05, 4.69) is 4.74 Å². The second-order valence-corrected chi connectivity index (χ2v) is 6.18. The largest absolute Gasteiger partial charge is 0.469 e. The summed E-state index contributed by atoms with van der Waals surface area (Å²) >= 11 is 5.86. The molecule has 0 aliphatic carbocycles. The number of carbonyl (C=O) groups is 3. The van der Waals surface area contributed by atoms with Crippen molar-refractivity contribution < 1.29 is 23.9 Å². The maximum atomic E-state index is 12.8. The molecular formula is C19H18BClO5. The second-order valence-electron chi connectivity index (χ2n) is 5.74. The monoisotopic (exact) mass is 372 g/mol. The van der Waals surface area contributed by atoms with E-state index in [4.69, 9.17) is 16.3 Å². The molecule has 0 bridgehead atoms. The molecule has 5 nitrogen and oxygen atoms in total. The van der Waals surface area contributed by atoms with Crippen molar-refractivity contribution in [1.82, 2.24) is 0 Å². The Kier molecular flexibility index (Phi) is 6.98. The maximum absolute atomic E-state index is 12.8. The van der Waals surface area contributed by atoms with E-state index in [1.54, 1.807) is 42.5 Å². The molecule has 0 aliphatic rings. The van der Waals surface area contributed by atoms with Gasteiger partial charge in [0, 0.05) is 23.4 Å². The standard InChI is InChI=1S/C19H18BClO5/c1-25-17(22)3-2-4-18(23)26-16-10-7-13(20)11-15(16)19(24)12-5-8-14(21)9-6-12/h5-11H,2-4,20H2,1H3. The van der Waals surface area contributed by atoms with Gasteiger partial charge in [0.05, 0.1) is 12.7 Å². The lowest BCUT2D eigenvalue weighted by Crippen LogP contribution is -2.15. The highest BCUT2D eigenvalue weighted by Gasteiger charge is 2.17. The van der Waals surface area contributed by atoms with Crippen LogP contribution in [0, 0.1) is 0 Å². The average Bonchev–Trinajstić information content (AvgIpc) is 2.63. The van der Waals surface area contributed by atoms with Crippen LogP contribution < -0.4 is 10.2 Å². The van der Waals surface area contributed by atoms with E-state index in [0.29, 0.717) is 22.6 Å². The Hall–Kier alpha value is -2.60. The molecule has 134 valence electrons. The Morgan fingerprint density at radius 1 is 1.00 bits per heavy atom. The quantitative estimate of drug-likeness (QED) is 0.322. The van der Waals surface area contributed by atoms with Crippen LogP contribution in [0.2, 0.25) is 5.02 Å². The lowest BCUT2D eigenvalue weighted by atomic mass is 9.91. The number of halogens is 1. The van der Waals surface area contributed by atoms with E-state index >= 15 is 0 Å². The third kappa shape index (κ3) is 5.46. The molecule has 2 rings (SSSR count). The summed E-state index contributed by atoms with van der Waals surface area (Å²) in [4.78, 5) is 35.9. The van der Waals surface area contributed by atoms with Crippen LogP contribution in [0.1, 0.15) is 35.2 Å². The first-order valence-corrected chi connectivity index (χ1v) is 8.47. The van der Waals surface area contributed by atoms with Gasteiger partial charge < -0.3 is 9.47 Å². The van der Waals surface area contributed by atoms with Gasteiger partial charge in [-0.25, -0.2) is 0 Å². The fraction of sp³-hybridized carbons (Fsp3) is 0.211. The van der Waals surface area contributed by atoms with E-state index < -0.39 is 5.97 Å². The van der Waals surface area contributed by atoms with Crippen molar-refractivity contribution in [2.24, 2.45) is 0 Å². The molecule has 7 heteroatoms. The van der Waals surface area contributed by atoms with Crippen LogP contribution in [-0.2, 0) is 14.3 Å². The summed E-state index contributed by atoms with van der Waals surface area (Å²) in [5.74, 6) is -0.962. The van der Waals surface area contributed by atoms with Gasteiger partial charge in [-0.3, -0.25) is 14.4 Å². The molecule has 0 N–H and O–H groups in total. The van der Waals surface area contributed by atoms with E-state index in [9.17, 15) is 14.4 Å². The number of hydrogen-bond donors (Lipinski definition) is 0. The zero-order chi connectivity index (χ0) is 19.1. The first kappa shape index (κ1) is 19.7. The van der Waals surface area contributed by atoms with Gasteiger partial charge in [0.25, 0.3) is 0 Å². The van der Waals surface area contributed by atoms with Crippen LogP contribution in [0.3, 0.4) is 0 Å². The number of benzene rings is 2. The number of rotatable bonds is 7. The van der Waals surface area contributed by atoms with Crippen molar-refractivity contribution in [3.05, 3.63) is 58.6 Å². The summed E-state index contributed by atoms with van der Waals surface area (Å²) in [7, 11) is 3.14. The Labute approximate surface area is 157 Å². The number of hydrogen-bond acceptors (Lipinski definition) is 5. The van der Waals surface area contributed by atoms with Crippen molar-refractivity contribution in [2.45, 2.75) is 19.3 Å². The Balaban J connectivity index is 2.14. The molecule has 0 radical (unpaired) electrons. The van der Waals surface area contributed by atoms with Crippen LogP contribution in [-0.4, -0.2) is 32.7 Å². The minimum atomic E-state index is -0.511. The van der Waals surface area contributed by atoms with Gasteiger partial charge >= 0.3 is 11.9 Å². The molecule has 2 aromatic rings. The molecule has 0 unspecified atom stereocenters. The maximum Gasteiger partial charge on any atom is 0.311 e. The molecular weight excluding hydrogens is 354 g/mol. The lowest BCUT2D eigenvalue weighted by Gasteiger charge is -2.11. The number of ketones is 1. The van der Waals surface area contributed by atoms with E-state index in [-0.39, 0.29) is 30.3 Å². The zero-order valence-corrected chi connectivity index (χ0v) is 15.3. The molecule has 2 aromatic carbocycles. The first-order valence-electron chi connectivity index (χ1n) is 8.09. The summed E-state index contributed by atoms with van der Waals surface area (Å²) in [5, 5.41) is 0.531. The van der Waals surface area contributed by atoms with E-state index in [1.807, 2.05) is 7.85 Å². The molecule has 0 spiro atoms. The van der Waals surface area contributed by atoms with Crippen molar-refractivity contribution in [3.63, 3.8) is 0 Å². The number of carbonyl (C=O) groups excluding carboxylic acids is 3. The Morgan fingerprint density at radius 3 is 2.31 bits per heavy atom. The fourth-order valence-corrected chi connectivity index (χ4v) is 2.45. The van der Waals surface area contributed by atoms with Crippen molar-refractivity contribution >= 4 is 42.6 Å². The van der Waals surface area contributed by atoms with Gasteiger partial charge in [0.1, 0.15) is 13.6 Å². The molecule has 0 atom stereocenters. The van der Waals surface area contributed by atoms with Gasteiger partial charge in [0.2, 0.25) is 0 Å². The van der Waals surface area contributed by atoms with Gasteiger partial charge in [-0.2, -0.15) is 0 Å². The topological polar surface area (TPSA) is 69.7 Å². The highest BCUT2D eigenvalue weighted by molar-refractivity contribution is 6.33. The van der Waals surface area contributed by atoms with E-state index in [1.165, 1.54) is 7.11 Å². The van der Waals surface area contributed by atoms with E-state index in [0.717, 1.165) is 5.46 Å². The molecule has 0 amide bonds. The van der Waals surface area contributed by atoms with Crippen LogP contribution in [0.5, 0.6) is 5.75 Å². The van der Waals surface area contributed by atoms with Crippen molar-refractivity contribution in [1.29, 1.82) is 0 Å². The average molecular weight is 373 g/mol. The molecule has 0 heterocycles. The smallest absolute Gasteiger partial charge is 0.311 e. The third-order valence-electron chi connectivity index (χ3n) is 3.70. The zero-order valence-electron chi connectivity index (χ0n) is 14.6. The molecule has 0 aliphatic heterocycles. The number of methoxy groups -OCH3 is 1. The van der Waals surface area contributed by atoms with Crippen molar-refractivity contribution in [3.8, 4) is 5.75 Å². The summed E-state index contributed by atoms with van der Waals surface area (Å²) in [6, 6.07) is 11.5. The van der Waals surface area contributed by atoms with Crippen LogP contribution in [0.25, 0.3) is 0 Å². The molecule has 26 heavy (non-hydrogen) atoms. The fourth-order valence-electron chi connectivity index (χ4n) is 2.32. The third-order valence-corrected chi connectivity index (χ3v) is 3.95. The molecule has 0 saturated carbocycles. The van der Waals surface area contributed by atoms with Gasteiger partial charge in [0.15, 0.2) is 5.78 Å². The summed E-state index contributed by atoms with van der Waals surface area (Å²) in [6.07, 6.45) is 0.505. The minimum absolute atomic E-state index is 0.0531. The molecule has 0 aromatic heterocycles. The summed E-state index contributed by atoms with van der Waals surface area (Å²) in [5.41, 5.74) is 1.62. The lowest BCUT2D eigenvalue weighted by molar-refractivity contribution is -0.141.